The molecule has 0 unspecified atom stereocenters. The van der Waals surface area contributed by atoms with Crippen LogP contribution in [-0.2, 0) is 21.0 Å². The highest BCUT2D eigenvalue weighted by Gasteiger charge is 2.34. The van der Waals surface area contributed by atoms with Crippen molar-refractivity contribution in [2.45, 2.75) is 24.9 Å². The molecule has 11 heteroatoms. The predicted molar refractivity (Wildman–Crippen MR) is 128 cm³/mol. The van der Waals surface area contributed by atoms with Gasteiger partial charge in [-0.2, -0.15) is 13.2 Å². The number of nitrogens with zero attached hydrogens (tertiary/aromatic N) is 1. The number of alkyl halides is 3. The standard InChI is InChI=1S/C24H22ClF3N2O4S/c1-3-34-19-9-7-18(8-10-19)30(35(32,33)20-11-4-16(2)5-12-20)15-23(31)29-17-6-13-22(25)21(14-17)24(26,27)28/h4-14H,3,15H2,1-2H3,(H,29,31). The molecule has 0 atom stereocenters. The van der Waals surface area contributed by atoms with Crippen molar-refractivity contribution >= 4 is 38.9 Å². The molecular formula is C24H22ClF3N2O4S. The lowest BCUT2D eigenvalue weighted by Crippen LogP contribution is -2.38. The molecule has 0 aliphatic rings. The summed E-state index contributed by atoms with van der Waals surface area (Å²) in [6.45, 7) is 3.32. The first-order valence-electron chi connectivity index (χ1n) is 10.4. The molecular weight excluding hydrogens is 505 g/mol. The molecule has 0 heterocycles. The van der Waals surface area contributed by atoms with E-state index in [0.29, 0.717) is 18.4 Å². The van der Waals surface area contributed by atoms with Crippen LogP contribution in [0.3, 0.4) is 0 Å². The summed E-state index contributed by atoms with van der Waals surface area (Å²) >= 11 is 5.63. The maximum atomic E-state index is 13.4. The van der Waals surface area contributed by atoms with Crippen molar-refractivity contribution < 1.29 is 31.1 Å². The lowest BCUT2D eigenvalue weighted by Gasteiger charge is -2.24. The van der Waals surface area contributed by atoms with E-state index < -0.39 is 39.2 Å². The minimum Gasteiger partial charge on any atom is -0.494 e. The van der Waals surface area contributed by atoms with Crippen LogP contribution in [0.15, 0.2) is 71.6 Å². The number of carbonyl (C=O) groups excluding carboxylic acids is 1. The van der Waals surface area contributed by atoms with Gasteiger partial charge >= 0.3 is 6.18 Å². The summed E-state index contributed by atoms with van der Waals surface area (Å²) in [6.07, 6.45) is -4.72. The lowest BCUT2D eigenvalue weighted by atomic mass is 10.2. The molecule has 186 valence electrons. The average molecular weight is 527 g/mol. The lowest BCUT2D eigenvalue weighted by molar-refractivity contribution is -0.137. The summed E-state index contributed by atoms with van der Waals surface area (Å²) in [6, 6.07) is 15.0. The van der Waals surface area contributed by atoms with Crippen LogP contribution >= 0.6 is 11.6 Å². The van der Waals surface area contributed by atoms with E-state index in [1.54, 1.807) is 38.1 Å². The number of halogens is 4. The van der Waals surface area contributed by atoms with Crippen LogP contribution in [0.2, 0.25) is 5.02 Å². The fraction of sp³-hybridized carbons (Fsp3) is 0.208. The average Bonchev–Trinajstić information content (AvgIpc) is 2.79. The van der Waals surface area contributed by atoms with Crippen LogP contribution in [-0.4, -0.2) is 27.5 Å². The molecule has 0 radical (unpaired) electrons. The van der Waals surface area contributed by atoms with E-state index in [4.69, 9.17) is 16.3 Å². The number of benzene rings is 3. The molecule has 0 spiro atoms. The first-order chi connectivity index (χ1) is 16.4. The van der Waals surface area contributed by atoms with Crippen molar-refractivity contribution in [2.75, 3.05) is 22.8 Å². The van der Waals surface area contributed by atoms with Gasteiger partial charge in [0.25, 0.3) is 10.0 Å². The molecule has 3 aromatic rings. The minimum atomic E-state index is -4.72. The second-order valence-electron chi connectivity index (χ2n) is 7.49. The van der Waals surface area contributed by atoms with Crippen LogP contribution in [0.4, 0.5) is 24.5 Å². The fourth-order valence-electron chi connectivity index (χ4n) is 3.18. The predicted octanol–water partition coefficient (Wildman–Crippen LogP) is 5.90. The molecule has 1 N–H and O–H groups in total. The first-order valence-corrected chi connectivity index (χ1v) is 12.2. The Hall–Kier alpha value is -3.24. The van der Waals surface area contributed by atoms with Crippen LogP contribution in [0.1, 0.15) is 18.1 Å². The zero-order chi connectivity index (χ0) is 25.8. The Morgan fingerprint density at radius 1 is 1.03 bits per heavy atom. The van der Waals surface area contributed by atoms with Crippen molar-refractivity contribution in [2.24, 2.45) is 0 Å². The van der Waals surface area contributed by atoms with Gasteiger partial charge in [0.1, 0.15) is 12.3 Å². The third-order valence-electron chi connectivity index (χ3n) is 4.89. The molecule has 1 amide bonds. The number of anilines is 2. The van der Waals surface area contributed by atoms with E-state index in [-0.39, 0.29) is 16.3 Å². The number of sulfonamides is 1. The van der Waals surface area contributed by atoms with E-state index in [9.17, 15) is 26.4 Å². The second kappa shape index (κ2) is 10.6. The van der Waals surface area contributed by atoms with Gasteiger partial charge in [0.15, 0.2) is 0 Å². The van der Waals surface area contributed by atoms with Crippen LogP contribution < -0.4 is 14.4 Å². The minimum absolute atomic E-state index is 0.0457. The number of nitrogens with one attached hydrogen (secondary N) is 1. The van der Waals surface area contributed by atoms with Crippen LogP contribution in [0.5, 0.6) is 5.75 Å². The van der Waals surface area contributed by atoms with E-state index in [0.717, 1.165) is 15.9 Å². The quantitative estimate of drug-likeness (QED) is 0.396. The molecule has 0 saturated heterocycles. The van der Waals surface area contributed by atoms with Gasteiger partial charge in [-0.05, 0) is 68.4 Å². The highest BCUT2D eigenvalue weighted by atomic mass is 35.5. The highest BCUT2D eigenvalue weighted by molar-refractivity contribution is 7.92. The Labute approximate surface area is 206 Å². The third kappa shape index (κ3) is 6.46. The number of hydrogen-bond acceptors (Lipinski definition) is 4. The molecule has 35 heavy (non-hydrogen) atoms. The zero-order valence-corrected chi connectivity index (χ0v) is 20.3. The van der Waals surface area contributed by atoms with Gasteiger partial charge in [-0.1, -0.05) is 29.3 Å². The number of ether oxygens (including phenoxy) is 1. The number of amides is 1. The molecule has 0 aliphatic carbocycles. The number of aryl methyl sites for hydroxylation is 1. The van der Waals surface area contributed by atoms with Gasteiger partial charge in [-0.25, -0.2) is 8.42 Å². The summed E-state index contributed by atoms with van der Waals surface area (Å²) in [5, 5.41) is 1.80. The summed E-state index contributed by atoms with van der Waals surface area (Å²) in [5.41, 5.74) is -0.271. The van der Waals surface area contributed by atoms with Crippen molar-refractivity contribution in [3.8, 4) is 5.75 Å². The fourth-order valence-corrected chi connectivity index (χ4v) is 4.82. The SMILES string of the molecule is CCOc1ccc(N(CC(=O)Nc2ccc(Cl)c(C(F)(F)F)c2)S(=O)(=O)c2ccc(C)cc2)cc1. The molecule has 0 aromatic heterocycles. The Morgan fingerprint density at radius 2 is 1.66 bits per heavy atom. The number of carbonyl (C=O) groups is 1. The first kappa shape index (κ1) is 26.4. The van der Waals surface area contributed by atoms with E-state index in [1.807, 2.05) is 0 Å². The maximum absolute atomic E-state index is 13.4. The van der Waals surface area contributed by atoms with E-state index >= 15 is 0 Å². The largest absolute Gasteiger partial charge is 0.494 e. The van der Waals surface area contributed by atoms with Gasteiger partial charge in [-0.3, -0.25) is 9.10 Å². The third-order valence-corrected chi connectivity index (χ3v) is 7.01. The monoisotopic (exact) mass is 526 g/mol. The molecule has 3 rings (SSSR count). The van der Waals surface area contributed by atoms with Gasteiger partial charge in [0.05, 0.1) is 27.8 Å². The van der Waals surface area contributed by atoms with Gasteiger partial charge < -0.3 is 10.1 Å². The van der Waals surface area contributed by atoms with E-state index in [1.165, 1.54) is 30.3 Å². The Morgan fingerprint density at radius 3 is 2.23 bits per heavy atom. The highest BCUT2D eigenvalue weighted by Crippen LogP contribution is 2.36. The van der Waals surface area contributed by atoms with E-state index in [2.05, 4.69) is 5.32 Å². The number of hydrogen-bond donors (Lipinski definition) is 1. The molecule has 0 saturated carbocycles. The second-order valence-corrected chi connectivity index (χ2v) is 9.76. The van der Waals surface area contributed by atoms with Crippen molar-refractivity contribution in [1.29, 1.82) is 0 Å². The molecule has 0 bridgehead atoms. The van der Waals surface area contributed by atoms with Gasteiger partial charge in [-0.15, -0.1) is 0 Å². The Bertz CT molecular complexity index is 1300. The topological polar surface area (TPSA) is 75.7 Å². The van der Waals surface area contributed by atoms with Gasteiger partial charge in [0.2, 0.25) is 5.91 Å². The van der Waals surface area contributed by atoms with Crippen molar-refractivity contribution in [3.05, 3.63) is 82.9 Å². The van der Waals surface area contributed by atoms with Crippen molar-refractivity contribution in [1.82, 2.24) is 0 Å². The Balaban J connectivity index is 1.94. The summed E-state index contributed by atoms with van der Waals surface area (Å²) in [4.78, 5) is 12.7. The summed E-state index contributed by atoms with van der Waals surface area (Å²) in [7, 11) is -4.19. The maximum Gasteiger partial charge on any atom is 0.417 e. The Kier molecular flexibility index (Phi) is 7.97. The van der Waals surface area contributed by atoms with Gasteiger partial charge in [0, 0.05) is 5.69 Å². The van der Waals surface area contributed by atoms with Crippen LogP contribution in [0, 0.1) is 6.92 Å². The zero-order valence-electron chi connectivity index (χ0n) is 18.8. The molecule has 3 aromatic carbocycles. The summed E-state index contributed by atoms with van der Waals surface area (Å²) in [5.74, 6) is -0.334. The molecule has 0 aliphatic heterocycles. The van der Waals surface area contributed by atoms with Crippen molar-refractivity contribution in [3.63, 3.8) is 0 Å². The molecule has 0 fully saturated rings. The number of rotatable bonds is 8. The normalized spacial score (nSPS) is 11.7. The van der Waals surface area contributed by atoms with Crippen LogP contribution in [0.25, 0.3) is 0 Å². The summed E-state index contributed by atoms with van der Waals surface area (Å²) < 4.78 is 72.6. The smallest absolute Gasteiger partial charge is 0.417 e. The molecule has 6 nitrogen and oxygen atoms in total.